The number of esters is 1. The molecule has 8 nitrogen and oxygen atoms in total. The molecule has 0 saturated heterocycles. The third kappa shape index (κ3) is 6.28. The number of carbonyl (C=O) groups is 2. The van der Waals surface area contributed by atoms with Crippen molar-refractivity contribution in [3.8, 4) is 0 Å². The third-order valence-electron chi connectivity index (χ3n) is 3.66. The van der Waals surface area contributed by atoms with Crippen LogP contribution in [0.2, 0.25) is 0 Å². The van der Waals surface area contributed by atoms with Gasteiger partial charge in [0.25, 0.3) is 0 Å². The number of anilines is 1. The largest absolute Gasteiger partial charge is 0.462 e. The number of ether oxygens (including phenoxy) is 1. The second kappa shape index (κ2) is 10.6. The van der Waals surface area contributed by atoms with Crippen molar-refractivity contribution >= 4 is 29.3 Å². The molecule has 1 aromatic heterocycles. The van der Waals surface area contributed by atoms with Gasteiger partial charge in [-0.3, -0.25) is 4.79 Å². The summed E-state index contributed by atoms with van der Waals surface area (Å²) in [6.07, 6.45) is 3.57. The van der Waals surface area contributed by atoms with Crippen LogP contribution in [-0.2, 0) is 16.0 Å². The van der Waals surface area contributed by atoms with Gasteiger partial charge in [-0.25, -0.2) is 9.47 Å². The number of unbranched alkanes of at least 4 members (excludes halogenated alkanes) is 1. The Balaban J connectivity index is 1.83. The number of carbonyl (C=O) groups excluding carboxylic acids is 2. The summed E-state index contributed by atoms with van der Waals surface area (Å²) in [5.41, 5.74) is 1.05. The van der Waals surface area contributed by atoms with Gasteiger partial charge in [-0.2, -0.15) is 0 Å². The molecule has 0 atom stereocenters. The van der Waals surface area contributed by atoms with E-state index in [1.165, 1.54) is 16.4 Å². The van der Waals surface area contributed by atoms with E-state index in [-0.39, 0.29) is 17.6 Å². The number of aryl methyl sites for hydroxylation is 1. The summed E-state index contributed by atoms with van der Waals surface area (Å²) in [4.78, 5) is 23.9. The molecule has 146 valence electrons. The van der Waals surface area contributed by atoms with E-state index in [2.05, 4.69) is 22.4 Å². The number of nitrogens with one attached hydrogen (secondary N) is 1. The highest BCUT2D eigenvalue weighted by atomic mass is 32.2. The lowest BCUT2D eigenvalue weighted by Crippen LogP contribution is -2.17. The zero-order valence-corrected chi connectivity index (χ0v) is 16.4. The molecular weight excluding hydrogens is 366 g/mol. The lowest BCUT2D eigenvalue weighted by Gasteiger charge is -2.07. The maximum Gasteiger partial charge on any atom is 0.338 e. The average Bonchev–Trinajstić information content (AvgIpc) is 3.03. The monoisotopic (exact) mass is 391 g/mol. The van der Waals surface area contributed by atoms with Crippen LogP contribution in [0.5, 0.6) is 0 Å². The van der Waals surface area contributed by atoms with Crippen molar-refractivity contribution in [1.82, 2.24) is 14.9 Å². The first kappa shape index (κ1) is 20.8. The van der Waals surface area contributed by atoms with Crippen LogP contribution >= 0.6 is 11.8 Å². The van der Waals surface area contributed by atoms with Gasteiger partial charge in [0.05, 0.1) is 17.9 Å². The summed E-state index contributed by atoms with van der Waals surface area (Å²) >= 11 is 1.22. The number of amides is 1. The van der Waals surface area contributed by atoms with Gasteiger partial charge in [-0.05, 0) is 37.1 Å². The van der Waals surface area contributed by atoms with Crippen LogP contribution in [0.1, 0.15) is 49.3 Å². The SMILES string of the molecule is CCCCc1nnc(SCC(=O)Nc2ccc(C(=O)OCCC)cc2)n1N. The van der Waals surface area contributed by atoms with E-state index in [0.717, 1.165) is 25.7 Å². The number of rotatable bonds is 10. The van der Waals surface area contributed by atoms with Gasteiger partial charge in [-0.15, -0.1) is 10.2 Å². The number of aromatic nitrogens is 3. The summed E-state index contributed by atoms with van der Waals surface area (Å²) in [5, 5.41) is 11.4. The molecule has 0 radical (unpaired) electrons. The van der Waals surface area contributed by atoms with Crippen molar-refractivity contribution in [2.45, 2.75) is 44.7 Å². The first-order valence-electron chi connectivity index (χ1n) is 8.94. The van der Waals surface area contributed by atoms with Gasteiger partial charge in [0, 0.05) is 12.1 Å². The number of hydrogen-bond donors (Lipinski definition) is 2. The van der Waals surface area contributed by atoms with Gasteiger partial charge < -0.3 is 15.9 Å². The summed E-state index contributed by atoms with van der Waals surface area (Å²) < 4.78 is 6.50. The van der Waals surface area contributed by atoms with Crippen LogP contribution in [0, 0.1) is 0 Å². The average molecular weight is 391 g/mol. The number of thioether (sulfide) groups is 1. The Morgan fingerprint density at radius 2 is 1.93 bits per heavy atom. The van der Waals surface area contributed by atoms with Crippen molar-refractivity contribution in [1.29, 1.82) is 0 Å². The fourth-order valence-electron chi connectivity index (χ4n) is 2.21. The zero-order chi connectivity index (χ0) is 19.6. The van der Waals surface area contributed by atoms with E-state index in [1.54, 1.807) is 24.3 Å². The molecule has 0 aliphatic heterocycles. The van der Waals surface area contributed by atoms with Crippen LogP contribution < -0.4 is 11.2 Å². The van der Waals surface area contributed by atoms with Gasteiger partial charge in [0.2, 0.25) is 11.1 Å². The van der Waals surface area contributed by atoms with Crippen molar-refractivity contribution in [3.63, 3.8) is 0 Å². The van der Waals surface area contributed by atoms with Gasteiger partial charge in [0.1, 0.15) is 0 Å². The van der Waals surface area contributed by atoms with E-state index in [0.29, 0.717) is 28.8 Å². The predicted molar refractivity (Wildman–Crippen MR) is 105 cm³/mol. The number of nitrogen functional groups attached to an aromatic ring is 1. The van der Waals surface area contributed by atoms with Crippen LogP contribution in [0.15, 0.2) is 29.4 Å². The van der Waals surface area contributed by atoms with Gasteiger partial charge in [-0.1, -0.05) is 32.0 Å². The molecule has 0 aliphatic carbocycles. The highest BCUT2D eigenvalue weighted by molar-refractivity contribution is 7.99. The molecule has 0 spiro atoms. The fraction of sp³-hybridized carbons (Fsp3) is 0.444. The van der Waals surface area contributed by atoms with Crippen LogP contribution in [-0.4, -0.2) is 39.1 Å². The van der Waals surface area contributed by atoms with Crippen molar-refractivity contribution in [3.05, 3.63) is 35.7 Å². The first-order valence-corrected chi connectivity index (χ1v) is 9.92. The molecule has 9 heteroatoms. The molecule has 1 aromatic carbocycles. The standard InChI is InChI=1S/C18H25N5O3S/c1-3-5-6-15-21-22-18(23(15)19)27-12-16(24)20-14-9-7-13(8-10-14)17(25)26-11-4-2/h7-10H,3-6,11-12,19H2,1-2H3,(H,20,24). The van der Waals surface area contributed by atoms with E-state index in [9.17, 15) is 9.59 Å². The molecule has 1 heterocycles. The molecule has 27 heavy (non-hydrogen) atoms. The zero-order valence-electron chi connectivity index (χ0n) is 15.6. The Bertz CT molecular complexity index is 761. The summed E-state index contributed by atoms with van der Waals surface area (Å²) in [7, 11) is 0. The maximum atomic E-state index is 12.1. The molecule has 0 unspecified atom stereocenters. The number of hydrogen-bond acceptors (Lipinski definition) is 7. The minimum Gasteiger partial charge on any atom is -0.462 e. The highest BCUT2D eigenvalue weighted by Gasteiger charge is 2.12. The minimum atomic E-state index is -0.369. The van der Waals surface area contributed by atoms with E-state index in [1.807, 2.05) is 6.92 Å². The Kier molecular flexibility index (Phi) is 8.12. The van der Waals surface area contributed by atoms with Crippen LogP contribution in [0.3, 0.4) is 0 Å². The molecule has 0 bridgehead atoms. The molecule has 0 saturated carbocycles. The first-order chi connectivity index (χ1) is 13.0. The fourth-order valence-corrected chi connectivity index (χ4v) is 2.88. The smallest absolute Gasteiger partial charge is 0.338 e. The van der Waals surface area contributed by atoms with Crippen LogP contribution in [0.25, 0.3) is 0 Å². The van der Waals surface area contributed by atoms with E-state index < -0.39 is 0 Å². The van der Waals surface area contributed by atoms with E-state index >= 15 is 0 Å². The predicted octanol–water partition coefficient (Wildman–Crippen LogP) is 2.63. The number of benzene rings is 1. The topological polar surface area (TPSA) is 112 Å². The molecule has 2 rings (SSSR count). The molecule has 2 aromatic rings. The van der Waals surface area contributed by atoms with Crippen molar-refractivity contribution in [2.24, 2.45) is 0 Å². The summed E-state index contributed by atoms with van der Waals surface area (Å²) in [6, 6.07) is 6.58. The maximum absolute atomic E-state index is 12.1. The Morgan fingerprint density at radius 1 is 1.19 bits per heavy atom. The molecular formula is C18H25N5O3S. The van der Waals surface area contributed by atoms with Gasteiger partial charge in [0.15, 0.2) is 5.82 Å². The lowest BCUT2D eigenvalue weighted by atomic mass is 10.2. The van der Waals surface area contributed by atoms with Crippen LogP contribution in [0.4, 0.5) is 5.69 Å². The lowest BCUT2D eigenvalue weighted by molar-refractivity contribution is -0.113. The minimum absolute atomic E-state index is 0.156. The Labute approximate surface area is 162 Å². The van der Waals surface area contributed by atoms with E-state index in [4.69, 9.17) is 10.6 Å². The normalized spacial score (nSPS) is 10.6. The number of nitrogens with two attached hydrogens (primary N) is 1. The second-order valence-electron chi connectivity index (χ2n) is 5.92. The third-order valence-corrected chi connectivity index (χ3v) is 4.61. The molecule has 1 amide bonds. The number of nitrogens with zero attached hydrogens (tertiary/aromatic N) is 3. The quantitative estimate of drug-likeness (QED) is 0.364. The Hall–Kier alpha value is -2.55. The van der Waals surface area contributed by atoms with Crippen molar-refractivity contribution < 1.29 is 14.3 Å². The van der Waals surface area contributed by atoms with Crippen molar-refractivity contribution in [2.75, 3.05) is 23.5 Å². The molecule has 0 aliphatic rings. The summed E-state index contributed by atoms with van der Waals surface area (Å²) in [5.74, 6) is 6.26. The molecule has 0 fully saturated rings. The van der Waals surface area contributed by atoms with Gasteiger partial charge >= 0.3 is 5.97 Å². The summed E-state index contributed by atoms with van der Waals surface area (Å²) in [6.45, 7) is 4.42. The highest BCUT2D eigenvalue weighted by Crippen LogP contribution is 2.17. The second-order valence-corrected chi connectivity index (χ2v) is 6.86. The Morgan fingerprint density at radius 3 is 2.59 bits per heavy atom. The molecule has 3 N–H and O–H groups in total.